The SMILES string of the molecule is CCC(C)N(CC)C(=O)c1ccc(Br)cn1. The lowest BCUT2D eigenvalue weighted by Crippen LogP contribution is -2.38. The quantitative estimate of drug-likeness (QED) is 0.851. The van der Waals surface area contributed by atoms with Crippen molar-refractivity contribution in [1.82, 2.24) is 9.88 Å². The zero-order valence-electron chi connectivity index (χ0n) is 9.90. The number of aromatic nitrogens is 1. The van der Waals surface area contributed by atoms with Crippen molar-refractivity contribution in [3.63, 3.8) is 0 Å². The molecule has 16 heavy (non-hydrogen) atoms. The van der Waals surface area contributed by atoms with Gasteiger partial charge in [0.1, 0.15) is 5.69 Å². The minimum absolute atomic E-state index is 0.00403. The fourth-order valence-corrected chi connectivity index (χ4v) is 1.76. The molecule has 4 heteroatoms. The van der Waals surface area contributed by atoms with Crippen LogP contribution in [0.5, 0.6) is 0 Å². The molecule has 0 spiro atoms. The topological polar surface area (TPSA) is 33.2 Å². The summed E-state index contributed by atoms with van der Waals surface area (Å²) < 4.78 is 0.885. The summed E-state index contributed by atoms with van der Waals surface area (Å²) in [7, 11) is 0. The largest absolute Gasteiger partial charge is 0.335 e. The molecule has 1 unspecified atom stereocenters. The van der Waals surface area contributed by atoms with Crippen molar-refractivity contribution < 1.29 is 4.79 Å². The summed E-state index contributed by atoms with van der Waals surface area (Å²) in [5.74, 6) is 0.00403. The van der Waals surface area contributed by atoms with Gasteiger partial charge in [-0.2, -0.15) is 0 Å². The number of hydrogen-bond acceptors (Lipinski definition) is 2. The van der Waals surface area contributed by atoms with Crippen LogP contribution in [-0.2, 0) is 0 Å². The summed E-state index contributed by atoms with van der Waals surface area (Å²) in [5, 5.41) is 0. The van der Waals surface area contributed by atoms with Crippen molar-refractivity contribution in [2.24, 2.45) is 0 Å². The van der Waals surface area contributed by atoms with E-state index < -0.39 is 0 Å². The molecule has 1 heterocycles. The Morgan fingerprint density at radius 1 is 1.50 bits per heavy atom. The molecule has 0 aliphatic heterocycles. The summed E-state index contributed by atoms with van der Waals surface area (Å²) in [6.45, 7) is 6.84. The summed E-state index contributed by atoms with van der Waals surface area (Å²) in [4.78, 5) is 18.1. The van der Waals surface area contributed by atoms with Crippen molar-refractivity contribution in [3.8, 4) is 0 Å². The Morgan fingerprint density at radius 3 is 2.62 bits per heavy atom. The number of carbonyl (C=O) groups is 1. The molecule has 1 atom stereocenters. The van der Waals surface area contributed by atoms with Crippen LogP contribution in [0.3, 0.4) is 0 Å². The third kappa shape index (κ3) is 3.04. The van der Waals surface area contributed by atoms with Gasteiger partial charge in [0.05, 0.1) is 0 Å². The van der Waals surface area contributed by atoms with Gasteiger partial charge in [-0.05, 0) is 48.3 Å². The predicted molar refractivity (Wildman–Crippen MR) is 68.4 cm³/mol. The second kappa shape index (κ2) is 5.99. The van der Waals surface area contributed by atoms with E-state index in [0.29, 0.717) is 12.2 Å². The molecule has 0 radical (unpaired) electrons. The Morgan fingerprint density at radius 2 is 2.19 bits per heavy atom. The van der Waals surface area contributed by atoms with E-state index in [2.05, 4.69) is 34.8 Å². The molecule has 0 aromatic carbocycles. The predicted octanol–water partition coefficient (Wildman–Crippen LogP) is 3.10. The van der Waals surface area contributed by atoms with E-state index >= 15 is 0 Å². The number of pyridine rings is 1. The van der Waals surface area contributed by atoms with E-state index in [1.165, 1.54) is 0 Å². The maximum absolute atomic E-state index is 12.1. The molecule has 0 aliphatic rings. The van der Waals surface area contributed by atoms with Gasteiger partial charge in [-0.3, -0.25) is 4.79 Å². The highest BCUT2D eigenvalue weighted by atomic mass is 79.9. The lowest BCUT2D eigenvalue weighted by atomic mass is 10.2. The van der Waals surface area contributed by atoms with Gasteiger partial charge in [0.15, 0.2) is 0 Å². The third-order valence-corrected chi connectivity index (χ3v) is 3.14. The molecular formula is C12H17BrN2O. The lowest BCUT2D eigenvalue weighted by molar-refractivity contribution is 0.0694. The second-order valence-corrected chi connectivity index (χ2v) is 4.63. The third-order valence-electron chi connectivity index (χ3n) is 2.67. The summed E-state index contributed by atoms with van der Waals surface area (Å²) in [6, 6.07) is 3.84. The minimum atomic E-state index is 0.00403. The highest BCUT2D eigenvalue weighted by Crippen LogP contribution is 2.12. The molecular weight excluding hydrogens is 268 g/mol. The van der Waals surface area contributed by atoms with Crippen LogP contribution < -0.4 is 0 Å². The smallest absolute Gasteiger partial charge is 0.272 e. The Labute approximate surface area is 105 Å². The van der Waals surface area contributed by atoms with E-state index in [4.69, 9.17) is 0 Å². The van der Waals surface area contributed by atoms with Crippen LogP contribution in [0.25, 0.3) is 0 Å². The first-order valence-corrected chi connectivity index (χ1v) is 6.32. The average Bonchev–Trinajstić information content (AvgIpc) is 2.30. The van der Waals surface area contributed by atoms with E-state index in [9.17, 15) is 4.79 Å². The summed E-state index contributed by atoms with van der Waals surface area (Å²) >= 11 is 3.30. The van der Waals surface area contributed by atoms with Crippen molar-refractivity contribution >= 4 is 21.8 Å². The average molecular weight is 285 g/mol. The number of carbonyl (C=O) groups excluding carboxylic acids is 1. The van der Waals surface area contributed by atoms with Crippen molar-refractivity contribution in [1.29, 1.82) is 0 Å². The molecule has 0 saturated carbocycles. The highest BCUT2D eigenvalue weighted by Gasteiger charge is 2.19. The van der Waals surface area contributed by atoms with Gasteiger partial charge in [-0.1, -0.05) is 6.92 Å². The van der Waals surface area contributed by atoms with E-state index in [0.717, 1.165) is 10.9 Å². The van der Waals surface area contributed by atoms with Crippen LogP contribution >= 0.6 is 15.9 Å². The second-order valence-electron chi connectivity index (χ2n) is 3.71. The van der Waals surface area contributed by atoms with E-state index in [-0.39, 0.29) is 11.9 Å². The van der Waals surface area contributed by atoms with Crippen LogP contribution in [0.1, 0.15) is 37.7 Å². The normalized spacial score (nSPS) is 12.2. The van der Waals surface area contributed by atoms with Gasteiger partial charge in [-0.15, -0.1) is 0 Å². The molecule has 0 N–H and O–H groups in total. The van der Waals surface area contributed by atoms with Crippen molar-refractivity contribution in [2.45, 2.75) is 33.2 Å². The molecule has 1 rings (SSSR count). The van der Waals surface area contributed by atoms with Crippen LogP contribution in [0.4, 0.5) is 0 Å². The lowest BCUT2D eigenvalue weighted by Gasteiger charge is -2.26. The zero-order valence-corrected chi connectivity index (χ0v) is 11.5. The van der Waals surface area contributed by atoms with E-state index in [1.54, 1.807) is 12.3 Å². The van der Waals surface area contributed by atoms with Crippen LogP contribution in [-0.4, -0.2) is 28.4 Å². The Bertz CT molecular complexity index is 351. The standard InChI is InChI=1S/C12H17BrN2O/c1-4-9(3)15(5-2)12(16)11-7-6-10(13)8-14-11/h6-9H,4-5H2,1-3H3. The molecule has 0 saturated heterocycles. The zero-order chi connectivity index (χ0) is 12.1. The molecule has 0 aliphatic carbocycles. The van der Waals surface area contributed by atoms with Gasteiger partial charge in [-0.25, -0.2) is 4.98 Å². The Hall–Kier alpha value is -0.900. The van der Waals surface area contributed by atoms with Gasteiger partial charge < -0.3 is 4.90 Å². The fourth-order valence-electron chi connectivity index (χ4n) is 1.53. The number of hydrogen-bond donors (Lipinski definition) is 0. The molecule has 1 amide bonds. The van der Waals surface area contributed by atoms with Crippen LogP contribution in [0.2, 0.25) is 0 Å². The number of amides is 1. The number of halogens is 1. The highest BCUT2D eigenvalue weighted by molar-refractivity contribution is 9.10. The van der Waals surface area contributed by atoms with Crippen molar-refractivity contribution in [2.75, 3.05) is 6.54 Å². The first-order chi connectivity index (χ1) is 7.60. The number of rotatable bonds is 4. The maximum atomic E-state index is 12.1. The van der Waals surface area contributed by atoms with Crippen LogP contribution in [0.15, 0.2) is 22.8 Å². The summed E-state index contributed by atoms with van der Waals surface area (Å²) in [5.41, 5.74) is 0.505. The minimum Gasteiger partial charge on any atom is -0.335 e. The first kappa shape index (κ1) is 13.2. The molecule has 1 aromatic rings. The fraction of sp³-hybridized carbons (Fsp3) is 0.500. The number of nitrogens with zero attached hydrogens (tertiary/aromatic N) is 2. The van der Waals surface area contributed by atoms with Crippen LogP contribution in [0, 0.1) is 0 Å². The molecule has 88 valence electrons. The molecule has 3 nitrogen and oxygen atoms in total. The molecule has 1 aromatic heterocycles. The summed E-state index contributed by atoms with van der Waals surface area (Å²) in [6.07, 6.45) is 2.60. The maximum Gasteiger partial charge on any atom is 0.272 e. The Balaban J connectivity index is 2.87. The van der Waals surface area contributed by atoms with Gasteiger partial charge in [0, 0.05) is 23.3 Å². The molecule has 0 fully saturated rings. The Kier molecular flexibility index (Phi) is 4.93. The van der Waals surface area contributed by atoms with E-state index in [1.807, 2.05) is 17.9 Å². The molecule has 0 bridgehead atoms. The first-order valence-electron chi connectivity index (χ1n) is 5.52. The van der Waals surface area contributed by atoms with Gasteiger partial charge in [0.2, 0.25) is 0 Å². The van der Waals surface area contributed by atoms with Gasteiger partial charge >= 0.3 is 0 Å². The van der Waals surface area contributed by atoms with Crippen molar-refractivity contribution in [3.05, 3.63) is 28.5 Å². The van der Waals surface area contributed by atoms with Gasteiger partial charge in [0.25, 0.3) is 5.91 Å². The monoisotopic (exact) mass is 284 g/mol.